The van der Waals surface area contributed by atoms with Crippen LogP contribution in [0.3, 0.4) is 0 Å². The number of carboxylic acid groups (broad SMARTS) is 1. The lowest BCUT2D eigenvalue weighted by Gasteiger charge is -2.22. The Hall–Kier alpha value is -3.35. The van der Waals surface area contributed by atoms with Crippen molar-refractivity contribution in [2.75, 3.05) is 19.7 Å². The molecule has 0 radical (unpaired) electrons. The maximum Gasteiger partial charge on any atom is 0.407 e. The third kappa shape index (κ3) is 3.61. The molecule has 0 bridgehead atoms. The van der Waals surface area contributed by atoms with Gasteiger partial charge in [-0.3, -0.25) is 9.59 Å². The monoisotopic (exact) mass is 434 g/mol. The lowest BCUT2D eigenvalue weighted by molar-refractivity contribution is -0.141. The van der Waals surface area contributed by atoms with E-state index in [1.807, 2.05) is 24.3 Å². The second kappa shape index (κ2) is 7.97. The number of hydrogen-bond acceptors (Lipinski definition) is 4. The first-order valence-electron chi connectivity index (χ1n) is 11.1. The number of ether oxygens (including phenoxy) is 1. The summed E-state index contributed by atoms with van der Waals surface area (Å²) < 4.78 is 5.54. The number of amides is 2. The molecule has 1 aliphatic heterocycles. The molecule has 166 valence electrons. The van der Waals surface area contributed by atoms with Crippen LogP contribution in [-0.4, -0.2) is 53.7 Å². The van der Waals surface area contributed by atoms with Gasteiger partial charge in [0.2, 0.25) is 5.91 Å². The zero-order valence-electron chi connectivity index (χ0n) is 17.9. The van der Waals surface area contributed by atoms with Crippen molar-refractivity contribution in [3.63, 3.8) is 0 Å². The first-order chi connectivity index (χ1) is 15.4. The van der Waals surface area contributed by atoms with Crippen molar-refractivity contribution in [1.29, 1.82) is 0 Å². The van der Waals surface area contributed by atoms with Crippen LogP contribution in [0.5, 0.6) is 0 Å². The van der Waals surface area contributed by atoms with Gasteiger partial charge < -0.3 is 20.1 Å². The molecule has 2 aromatic carbocycles. The Morgan fingerprint density at radius 1 is 1.03 bits per heavy atom. The number of fused-ring (bicyclic) bond motifs is 4. The second-order valence-electron chi connectivity index (χ2n) is 9.07. The molecule has 1 unspecified atom stereocenters. The second-order valence-corrected chi connectivity index (χ2v) is 9.07. The van der Waals surface area contributed by atoms with Crippen molar-refractivity contribution < 1.29 is 24.2 Å². The summed E-state index contributed by atoms with van der Waals surface area (Å²) in [6, 6.07) is 15.9. The highest BCUT2D eigenvalue weighted by atomic mass is 16.5. The average molecular weight is 434 g/mol. The van der Waals surface area contributed by atoms with E-state index in [1.165, 1.54) is 11.1 Å². The van der Waals surface area contributed by atoms with Gasteiger partial charge in [-0.25, -0.2) is 4.79 Å². The van der Waals surface area contributed by atoms with E-state index in [0.29, 0.717) is 13.1 Å². The number of likely N-dealkylation sites (tertiary alicyclic amines) is 1. The number of alkyl carbamates (subject to hydrolysis) is 1. The maximum atomic E-state index is 12.5. The fourth-order valence-electron chi connectivity index (χ4n) is 5.38. The third-order valence-corrected chi connectivity index (χ3v) is 7.02. The fourth-order valence-corrected chi connectivity index (χ4v) is 5.38. The molecule has 5 rings (SSSR count). The Labute approximate surface area is 186 Å². The molecule has 2 fully saturated rings. The van der Waals surface area contributed by atoms with Crippen molar-refractivity contribution in [1.82, 2.24) is 10.2 Å². The normalized spacial score (nSPS) is 23.7. The Morgan fingerprint density at radius 3 is 2.16 bits per heavy atom. The minimum atomic E-state index is -0.766. The summed E-state index contributed by atoms with van der Waals surface area (Å²) in [5.74, 6) is -0.965. The minimum absolute atomic E-state index is 0.0106. The zero-order chi connectivity index (χ0) is 22.4. The number of piperidine rings is 1. The highest BCUT2D eigenvalue weighted by Gasteiger charge is 2.60. The van der Waals surface area contributed by atoms with Crippen LogP contribution in [0.15, 0.2) is 48.5 Å². The molecule has 0 spiro atoms. The number of carbonyl (C=O) groups is 3. The van der Waals surface area contributed by atoms with Crippen LogP contribution >= 0.6 is 0 Å². The van der Waals surface area contributed by atoms with Gasteiger partial charge in [0, 0.05) is 31.5 Å². The summed E-state index contributed by atoms with van der Waals surface area (Å²) >= 11 is 0. The standard InChI is InChI=1S/C25H26N2O5/c1-14(10-22(28)27-11-19-20(12-27)23(19)24(29)30)26-25(31)32-13-21-17-8-4-2-6-15(17)16-7-3-5-9-18(16)21/h2-9,14,19-21,23H,10-13H2,1H3,(H,26,31)(H,29,30)/t14-,19-,20+,23?/m0/s1. The van der Waals surface area contributed by atoms with E-state index in [4.69, 9.17) is 9.84 Å². The van der Waals surface area contributed by atoms with Crippen LogP contribution in [0.2, 0.25) is 0 Å². The van der Waals surface area contributed by atoms with E-state index in [-0.39, 0.29) is 48.6 Å². The van der Waals surface area contributed by atoms with Gasteiger partial charge in [0.25, 0.3) is 0 Å². The average Bonchev–Trinajstić information content (AvgIpc) is 3.13. The number of carbonyl (C=O) groups excluding carboxylic acids is 2. The number of aliphatic carboxylic acids is 1. The summed E-state index contributed by atoms with van der Waals surface area (Å²) in [4.78, 5) is 37.7. The van der Waals surface area contributed by atoms with Gasteiger partial charge in [-0.2, -0.15) is 0 Å². The lowest BCUT2D eigenvalue weighted by Crippen LogP contribution is -2.40. The molecule has 1 heterocycles. The molecule has 4 atom stereocenters. The Balaban J connectivity index is 1.12. The van der Waals surface area contributed by atoms with Gasteiger partial charge in [0.05, 0.1) is 5.92 Å². The number of benzene rings is 2. The van der Waals surface area contributed by atoms with E-state index in [9.17, 15) is 14.4 Å². The van der Waals surface area contributed by atoms with Crippen molar-refractivity contribution >= 4 is 18.0 Å². The van der Waals surface area contributed by atoms with Gasteiger partial charge in [-0.15, -0.1) is 0 Å². The summed E-state index contributed by atoms with van der Waals surface area (Å²) in [6.07, 6.45) is -0.371. The quantitative estimate of drug-likeness (QED) is 0.728. The largest absolute Gasteiger partial charge is 0.481 e. The van der Waals surface area contributed by atoms with E-state index < -0.39 is 12.1 Å². The summed E-state index contributed by atoms with van der Waals surface area (Å²) in [6.45, 7) is 3.00. The van der Waals surface area contributed by atoms with Crippen LogP contribution in [0, 0.1) is 17.8 Å². The van der Waals surface area contributed by atoms with E-state index in [2.05, 4.69) is 29.6 Å². The number of hydrogen-bond donors (Lipinski definition) is 2. The summed E-state index contributed by atoms with van der Waals surface area (Å²) in [7, 11) is 0. The zero-order valence-corrected chi connectivity index (χ0v) is 17.9. The highest BCUT2D eigenvalue weighted by molar-refractivity contribution is 5.81. The highest BCUT2D eigenvalue weighted by Crippen LogP contribution is 2.51. The lowest BCUT2D eigenvalue weighted by atomic mass is 9.98. The molecule has 3 aliphatic rings. The van der Waals surface area contributed by atoms with E-state index in [0.717, 1.165) is 11.1 Å². The molecule has 7 nitrogen and oxygen atoms in total. The molecule has 1 saturated heterocycles. The van der Waals surface area contributed by atoms with Crippen molar-refractivity contribution in [3.05, 3.63) is 59.7 Å². The number of rotatable bonds is 6. The summed E-state index contributed by atoms with van der Waals surface area (Å²) in [5.41, 5.74) is 4.64. The molecule has 7 heteroatoms. The number of nitrogens with one attached hydrogen (secondary N) is 1. The van der Waals surface area contributed by atoms with Gasteiger partial charge >= 0.3 is 12.1 Å². The molecular weight excluding hydrogens is 408 g/mol. The van der Waals surface area contributed by atoms with Gasteiger partial charge in [0.1, 0.15) is 6.61 Å². The molecular formula is C25H26N2O5. The van der Waals surface area contributed by atoms with Crippen LogP contribution in [0.25, 0.3) is 11.1 Å². The van der Waals surface area contributed by atoms with Crippen LogP contribution in [0.4, 0.5) is 4.79 Å². The van der Waals surface area contributed by atoms with Crippen molar-refractivity contribution in [2.24, 2.45) is 17.8 Å². The van der Waals surface area contributed by atoms with Crippen LogP contribution in [-0.2, 0) is 14.3 Å². The fraction of sp³-hybridized carbons (Fsp3) is 0.400. The van der Waals surface area contributed by atoms with Gasteiger partial charge in [0.15, 0.2) is 0 Å². The Morgan fingerprint density at radius 2 is 1.59 bits per heavy atom. The topological polar surface area (TPSA) is 95.9 Å². The first kappa shape index (κ1) is 20.5. The van der Waals surface area contributed by atoms with Crippen molar-refractivity contribution in [2.45, 2.75) is 25.3 Å². The molecule has 2 amide bonds. The smallest absolute Gasteiger partial charge is 0.407 e. The molecule has 1 saturated carbocycles. The maximum absolute atomic E-state index is 12.5. The third-order valence-electron chi connectivity index (χ3n) is 7.02. The predicted molar refractivity (Wildman–Crippen MR) is 117 cm³/mol. The van der Waals surface area contributed by atoms with Crippen LogP contribution < -0.4 is 5.32 Å². The Kier molecular flexibility index (Phi) is 5.12. The first-order valence-corrected chi connectivity index (χ1v) is 11.1. The van der Waals surface area contributed by atoms with Gasteiger partial charge in [-0.05, 0) is 41.0 Å². The molecule has 0 aromatic heterocycles. The van der Waals surface area contributed by atoms with Crippen molar-refractivity contribution in [3.8, 4) is 11.1 Å². The summed E-state index contributed by atoms with van der Waals surface area (Å²) in [5, 5.41) is 11.9. The minimum Gasteiger partial charge on any atom is -0.481 e. The van der Waals surface area contributed by atoms with Gasteiger partial charge in [-0.1, -0.05) is 48.5 Å². The van der Waals surface area contributed by atoms with E-state index in [1.54, 1.807) is 11.8 Å². The number of carboxylic acids is 1. The molecule has 2 aliphatic carbocycles. The SMILES string of the molecule is C[C@@H](CC(=O)N1C[C@@H]2C(C(=O)O)[C@@H]2C1)NC(=O)OCC1c2ccccc2-c2ccccc21. The molecule has 2 aromatic rings. The predicted octanol–water partition coefficient (Wildman–Crippen LogP) is 3.09. The molecule has 2 N–H and O–H groups in total. The number of nitrogens with zero attached hydrogens (tertiary/aromatic N) is 1. The Bertz CT molecular complexity index is 1030. The van der Waals surface area contributed by atoms with E-state index >= 15 is 0 Å². The molecule has 32 heavy (non-hydrogen) atoms. The van der Waals surface area contributed by atoms with Crippen LogP contribution in [0.1, 0.15) is 30.4 Å².